The predicted molar refractivity (Wildman–Crippen MR) is 73.7 cm³/mol. The molecule has 0 radical (unpaired) electrons. The minimum atomic E-state index is -3.58. The van der Waals surface area contributed by atoms with E-state index in [1.165, 1.54) is 11.3 Å². The van der Waals surface area contributed by atoms with Gasteiger partial charge in [0.1, 0.15) is 4.90 Å². The summed E-state index contributed by atoms with van der Waals surface area (Å²) < 4.78 is 28.2. The van der Waals surface area contributed by atoms with Crippen molar-refractivity contribution in [1.82, 2.24) is 4.72 Å². The van der Waals surface area contributed by atoms with Crippen LogP contribution in [0, 0.1) is 0 Å². The third kappa shape index (κ3) is 2.76. The van der Waals surface area contributed by atoms with E-state index in [9.17, 15) is 13.5 Å². The Kier molecular flexibility index (Phi) is 4.02. The zero-order valence-corrected chi connectivity index (χ0v) is 13.5. The molecule has 2 N–H and O–H groups in total. The van der Waals surface area contributed by atoms with Crippen LogP contribution in [0.4, 0.5) is 0 Å². The van der Waals surface area contributed by atoms with Crippen molar-refractivity contribution in [2.24, 2.45) is 0 Å². The van der Waals surface area contributed by atoms with Crippen molar-refractivity contribution in [2.45, 2.75) is 29.7 Å². The molecule has 96 valence electrons. The van der Waals surface area contributed by atoms with Gasteiger partial charge in [-0.15, -0.1) is 11.3 Å². The molecule has 0 aliphatic heterocycles. The van der Waals surface area contributed by atoms with E-state index in [2.05, 4.69) is 36.6 Å². The Bertz CT molecular complexity index is 517. The van der Waals surface area contributed by atoms with Crippen molar-refractivity contribution < 1.29 is 13.5 Å². The Morgan fingerprint density at radius 1 is 1.47 bits per heavy atom. The van der Waals surface area contributed by atoms with Crippen LogP contribution in [0.2, 0.25) is 0 Å². The van der Waals surface area contributed by atoms with E-state index in [1.807, 2.05) is 0 Å². The van der Waals surface area contributed by atoms with E-state index in [0.717, 1.165) is 10.2 Å². The topological polar surface area (TPSA) is 66.4 Å². The monoisotopic (exact) mass is 403 g/mol. The minimum absolute atomic E-state index is 0.158. The van der Waals surface area contributed by atoms with Gasteiger partial charge in [-0.05, 0) is 57.2 Å². The van der Waals surface area contributed by atoms with Gasteiger partial charge in [0.25, 0.3) is 0 Å². The molecule has 0 saturated heterocycles. The van der Waals surface area contributed by atoms with Crippen LogP contribution in [0.15, 0.2) is 18.5 Å². The third-order valence-electron chi connectivity index (χ3n) is 2.88. The fourth-order valence-corrected chi connectivity index (χ4v) is 7.01. The molecule has 0 aromatic carbocycles. The van der Waals surface area contributed by atoms with Crippen molar-refractivity contribution in [1.29, 1.82) is 0 Å². The van der Waals surface area contributed by atoms with Crippen LogP contribution in [-0.4, -0.2) is 25.7 Å². The smallest absolute Gasteiger partial charge is 0.243 e. The molecular weight excluding hydrogens is 394 g/mol. The van der Waals surface area contributed by atoms with Gasteiger partial charge in [0.05, 0.1) is 19.7 Å². The average Bonchev–Trinajstić information content (AvgIpc) is 2.52. The number of thiophene rings is 1. The van der Waals surface area contributed by atoms with Crippen LogP contribution >= 0.6 is 43.2 Å². The number of hydrogen-bond donors (Lipinski definition) is 2. The maximum Gasteiger partial charge on any atom is 0.243 e. The predicted octanol–water partition coefficient (Wildman–Crippen LogP) is 2.47. The summed E-state index contributed by atoms with van der Waals surface area (Å²) in [7, 11) is -3.58. The SMILES string of the molecule is O=S(=O)(NC1(CO)CCC1)c1cc(Br)sc1Br. The molecule has 8 heteroatoms. The fourth-order valence-electron chi connectivity index (χ4n) is 1.74. The van der Waals surface area contributed by atoms with Gasteiger partial charge in [-0.3, -0.25) is 0 Å². The highest BCUT2D eigenvalue weighted by molar-refractivity contribution is 9.12. The Morgan fingerprint density at radius 2 is 2.12 bits per heavy atom. The Balaban J connectivity index is 2.28. The summed E-state index contributed by atoms with van der Waals surface area (Å²) >= 11 is 7.79. The van der Waals surface area contributed by atoms with Crippen LogP contribution in [0.1, 0.15) is 19.3 Å². The van der Waals surface area contributed by atoms with Crippen molar-refractivity contribution >= 4 is 53.2 Å². The first-order valence-electron chi connectivity index (χ1n) is 4.98. The summed E-state index contributed by atoms with van der Waals surface area (Å²) in [6.07, 6.45) is 2.31. The second-order valence-corrected chi connectivity index (χ2v) is 9.49. The van der Waals surface area contributed by atoms with Crippen LogP contribution in [0.5, 0.6) is 0 Å². The van der Waals surface area contributed by atoms with E-state index in [0.29, 0.717) is 16.6 Å². The summed E-state index contributed by atoms with van der Waals surface area (Å²) in [6.45, 7) is -0.158. The molecule has 1 saturated carbocycles. The average molecular weight is 405 g/mol. The van der Waals surface area contributed by atoms with Crippen LogP contribution in [0.3, 0.4) is 0 Å². The number of aliphatic hydroxyl groups excluding tert-OH is 1. The highest BCUT2D eigenvalue weighted by Crippen LogP contribution is 2.37. The molecule has 0 unspecified atom stereocenters. The molecule has 0 amide bonds. The van der Waals surface area contributed by atoms with Gasteiger partial charge in [-0.2, -0.15) is 0 Å². The number of hydrogen-bond acceptors (Lipinski definition) is 4. The first-order valence-corrected chi connectivity index (χ1v) is 8.87. The van der Waals surface area contributed by atoms with Crippen LogP contribution in [0.25, 0.3) is 0 Å². The highest BCUT2D eigenvalue weighted by Gasteiger charge is 2.40. The van der Waals surface area contributed by atoms with Gasteiger partial charge in [0.15, 0.2) is 0 Å². The van der Waals surface area contributed by atoms with Gasteiger partial charge >= 0.3 is 0 Å². The van der Waals surface area contributed by atoms with Crippen molar-refractivity contribution in [3.05, 3.63) is 13.6 Å². The molecule has 4 nitrogen and oxygen atoms in total. The Morgan fingerprint density at radius 3 is 2.47 bits per heavy atom. The number of nitrogens with one attached hydrogen (secondary N) is 1. The summed E-state index contributed by atoms with van der Waals surface area (Å²) in [5.41, 5.74) is -0.660. The molecule has 1 aliphatic rings. The molecule has 0 atom stereocenters. The maximum absolute atomic E-state index is 12.2. The van der Waals surface area contributed by atoms with E-state index in [4.69, 9.17) is 0 Å². The molecule has 1 aromatic rings. The fraction of sp³-hybridized carbons (Fsp3) is 0.556. The quantitative estimate of drug-likeness (QED) is 0.809. The van der Waals surface area contributed by atoms with E-state index in [-0.39, 0.29) is 11.5 Å². The zero-order valence-electron chi connectivity index (χ0n) is 8.74. The molecule has 17 heavy (non-hydrogen) atoms. The van der Waals surface area contributed by atoms with E-state index >= 15 is 0 Å². The lowest BCUT2D eigenvalue weighted by Crippen LogP contribution is -2.55. The lowest BCUT2D eigenvalue weighted by molar-refractivity contribution is 0.110. The van der Waals surface area contributed by atoms with Gasteiger partial charge in [0, 0.05) is 0 Å². The lowest BCUT2D eigenvalue weighted by atomic mass is 9.78. The standard InChI is InChI=1S/C9H11Br2NO3S2/c10-7-4-6(8(11)16-7)17(14,15)12-9(5-13)2-1-3-9/h4,12-13H,1-3,5H2. The van der Waals surface area contributed by atoms with Gasteiger partial charge in [-0.1, -0.05) is 0 Å². The largest absolute Gasteiger partial charge is 0.394 e. The van der Waals surface area contributed by atoms with E-state index < -0.39 is 15.6 Å². The number of sulfonamides is 1. The normalized spacial score (nSPS) is 19.0. The first kappa shape index (κ1) is 14.0. The molecule has 1 heterocycles. The molecule has 2 rings (SSSR count). The van der Waals surface area contributed by atoms with Crippen molar-refractivity contribution in [3.63, 3.8) is 0 Å². The summed E-state index contributed by atoms with van der Waals surface area (Å²) in [6, 6.07) is 1.56. The van der Waals surface area contributed by atoms with Crippen LogP contribution in [-0.2, 0) is 10.0 Å². The zero-order chi connectivity index (χ0) is 12.7. The van der Waals surface area contributed by atoms with E-state index in [1.54, 1.807) is 6.07 Å². The Hall–Kier alpha value is 0.530. The third-order valence-corrected chi connectivity index (χ3v) is 7.21. The summed E-state index contributed by atoms with van der Waals surface area (Å²) in [4.78, 5) is 0.217. The van der Waals surface area contributed by atoms with Gasteiger partial charge < -0.3 is 5.11 Å². The second kappa shape index (κ2) is 4.90. The molecule has 0 spiro atoms. The maximum atomic E-state index is 12.2. The summed E-state index contributed by atoms with van der Waals surface area (Å²) in [5.74, 6) is 0. The Labute approximate surface area is 121 Å². The summed E-state index contributed by atoms with van der Waals surface area (Å²) in [5, 5.41) is 9.28. The van der Waals surface area contributed by atoms with Crippen molar-refractivity contribution in [3.8, 4) is 0 Å². The number of aliphatic hydroxyl groups is 1. The number of rotatable bonds is 4. The minimum Gasteiger partial charge on any atom is -0.394 e. The first-order chi connectivity index (χ1) is 7.88. The van der Waals surface area contributed by atoms with Gasteiger partial charge in [0.2, 0.25) is 10.0 Å². The van der Waals surface area contributed by atoms with Gasteiger partial charge in [-0.25, -0.2) is 13.1 Å². The molecule has 1 aromatic heterocycles. The molecule has 0 bridgehead atoms. The highest BCUT2D eigenvalue weighted by atomic mass is 79.9. The lowest BCUT2D eigenvalue weighted by Gasteiger charge is -2.40. The molecule has 1 aliphatic carbocycles. The number of halogens is 2. The second-order valence-electron chi connectivity index (χ2n) is 4.09. The van der Waals surface area contributed by atoms with Crippen LogP contribution < -0.4 is 4.72 Å². The molecular formula is C9H11Br2NO3S2. The van der Waals surface area contributed by atoms with Crippen molar-refractivity contribution in [2.75, 3.05) is 6.61 Å². The molecule has 1 fully saturated rings.